The Labute approximate surface area is 118 Å². The van der Waals surface area contributed by atoms with Crippen LogP contribution < -0.4 is 11.1 Å². The van der Waals surface area contributed by atoms with Gasteiger partial charge in [0.05, 0.1) is 16.8 Å². The molecule has 0 atom stereocenters. The summed E-state index contributed by atoms with van der Waals surface area (Å²) in [6, 6.07) is 8.50. The van der Waals surface area contributed by atoms with Crippen molar-refractivity contribution < 1.29 is 9.59 Å². The lowest BCUT2D eigenvalue weighted by atomic mass is 10.1. The van der Waals surface area contributed by atoms with Crippen LogP contribution in [0, 0.1) is 0 Å². The van der Waals surface area contributed by atoms with Crippen molar-refractivity contribution in [1.29, 1.82) is 0 Å². The van der Waals surface area contributed by atoms with Gasteiger partial charge in [-0.1, -0.05) is 0 Å². The number of carbonyl (C=O) groups is 2. The van der Waals surface area contributed by atoms with Crippen LogP contribution in [0.4, 0.5) is 5.95 Å². The van der Waals surface area contributed by atoms with Gasteiger partial charge in [-0.2, -0.15) is 0 Å². The van der Waals surface area contributed by atoms with E-state index in [0.717, 1.165) is 0 Å². The predicted molar refractivity (Wildman–Crippen MR) is 75.1 cm³/mol. The number of pyridine rings is 1. The summed E-state index contributed by atoms with van der Waals surface area (Å²) in [4.78, 5) is 31.8. The van der Waals surface area contributed by atoms with Gasteiger partial charge in [-0.05, 0) is 30.3 Å². The van der Waals surface area contributed by atoms with Gasteiger partial charge in [0.15, 0.2) is 5.65 Å². The molecular formula is C14H9N5O2. The molecule has 0 aliphatic carbocycles. The number of carbonyl (C=O) groups excluding carboxylic acids is 2. The quantitative estimate of drug-likeness (QED) is 0.644. The molecular weight excluding hydrogens is 270 g/mol. The summed E-state index contributed by atoms with van der Waals surface area (Å²) in [6.07, 6.45) is 1.64. The summed E-state index contributed by atoms with van der Waals surface area (Å²) < 4.78 is 1.64. The van der Waals surface area contributed by atoms with E-state index in [1.165, 1.54) is 0 Å². The number of amides is 2. The minimum absolute atomic E-state index is 0.272. The summed E-state index contributed by atoms with van der Waals surface area (Å²) in [7, 11) is 0. The van der Waals surface area contributed by atoms with Crippen LogP contribution in [0.3, 0.4) is 0 Å². The average Bonchev–Trinajstić information content (AvgIpc) is 2.95. The van der Waals surface area contributed by atoms with Crippen molar-refractivity contribution in [3.63, 3.8) is 0 Å². The normalized spacial score (nSPS) is 13.5. The number of hydrogen-bond donors (Lipinski definition) is 2. The Balaban J connectivity index is 1.98. The lowest BCUT2D eigenvalue weighted by Crippen LogP contribution is -2.19. The Kier molecular flexibility index (Phi) is 2.15. The van der Waals surface area contributed by atoms with Crippen molar-refractivity contribution in [2.75, 3.05) is 5.73 Å². The molecule has 0 unspecified atom stereocenters. The van der Waals surface area contributed by atoms with E-state index in [1.54, 1.807) is 41.1 Å². The maximum absolute atomic E-state index is 11.7. The third-order valence-corrected chi connectivity index (χ3v) is 3.42. The minimum Gasteiger partial charge on any atom is -0.369 e. The molecule has 2 aromatic heterocycles. The number of nitrogens with zero attached hydrogens (tertiary/aromatic N) is 3. The van der Waals surface area contributed by atoms with E-state index < -0.39 is 5.91 Å². The summed E-state index contributed by atoms with van der Waals surface area (Å²) >= 11 is 0. The van der Waals surface area contributed by atoms with Gasteiger partial charge in [0.2, 0.25) is 5.95 Å². The maximum Gasteiger partial charge on any atom is 0.259 e. The Morgan fingerprint density at radius 3 is 2.76 bits per heavy atom. The molecule has 0 bridgehead atoms. The van der Waals surface area contributed by atoms with Crippen LogP contribution in [-0.4, -0.2) is 26.3 Å². The van der Waals surface area contributed by atoms with Gasteiger partial charge in [0, 0.05) is 6.20 Å². The van der Waals surface area contributed by atoms with E-state index in [0.29, 0.717) is 28.0 Å². The molecule has 1 aromatic carbocycles. The number of rotatable bonds is 1. The first-order valence-electron chi connectivity index (χ1n) is 6.24. The zero-order valence-corrected chi connectivity index (χ0v) is 10.7. The molecule has 0 saturated carbocycles. The Hall–Kier alpha value is -3.22. The highest BCUT2D eigenvalue weighted by Crippen LogP contribution is 2.24. The van der Waals surface area contributed by atoms with Crippen molar-refractivity contribution in [2.24, 2.45) is 0 Å². The summed E-state index contributed by atoms with van der Waals surface area (Å²) in [5.74, 6) is -0.524. The van der Waals surface area contributed by atoms with E-state index in [2.05, 4.69) is 15.3 Å². The Morgan fingerprint density at radius 2 is 1.90 bits per heavy atom. The number of nitrogens with two attached hydrogens (primary N) is 1. The highest BCUT2D eigenvalue weighted by atomic mass is 16.2. The Morgan fingerprint density at radius 1 is 1.10 bits per heavy atom. The zero-order chi connectivity index (χ0) is 14.6. The maximum atomic E-state index is 11.7. The smallest absolute Gasteiger partial charge is 0.259 e. The van der Waals surface area contributed by atoms with Crippen LogP contribution in [0.5, 0.6) is 0 Å². The fourth-order valence-electron chi connectivity index (χ4n) is 2.48. The number of fused-ring (bicyclic) bond motifs is 2. The molecule has 1 aliphatic heterocycles. The first-order valence-corrected chi connectivity index (χ1v) is 6.24. The first-order chi connectivity index (χ1) is 10.1. The van der Waals surface area contributed by atoms with Crippen molar-refractivity contribution in [1.82, 2.24) is 19.9 Å². The Bertz CT molecular complexity index is 928. The highest BCUT2D eigenvalue weighted by Gasteiger charge is 2.27. The number of imidazole rings is 1. The number of hydrogen-bond acceptors (Lipinski definition) is 5. The molecule has 3 aromatic rings. The lowest BCUT2D eigenvalue weighted by molar-refractivity contribution is 0.0879. The molecule has 0 spiro atoms. The van der Waals surface area contributed by atoms with Gasteiger partial charge in [0.1, 0.15) is 5.52 Å². The second-order valence-electron chi connectivity index (χ2n) is 4.66. The van der Waals surface area contributed by atoms with Crippen molar-refractivity contribution in [3.05, 3.63) is 47.7 Å². The van der Waals surface area contributed by atoms with E-state index in [4.69, 9.17) is 5.73 Å². The minimum atomic E-state index is -0.409. The van der Waals surface area contributed by atoms with Crippen molar-refractivity contribution in [2.45, 2.75) is 0 Å². The average molecular weight is 279 g/mol. The summed E-state index contributed by atoms with van der Waals surface area (Å²) in [6.45, 7) is 0. The molecule has 0 radical (unpaired) electrons. The molecule has 7 nitrogen and oxygen atoms in total. The van der Waals surface area contributed by atoms with Crippen LogP contribution in [0.15, 0.2) is 36.5 Å². The van der Waals surface area contributed by atoms with Gasteiger partial charge >= 0.3 is 0 Å². The van der Waals surface area contributed by atoms with Crippen LogP contribution in [0.2, 0.25) is 0 Å². The predicted octanol–water partition coefficient (Wildman–Crippen LogP) is 0.886. The third kappa shape index (κ3) is 1.54. The van der Waals surface area contributed by atoms with Gasteiger partial charge < -0.3 is 5.73 Å². The fourth-order valence-corrected chi connectivity index (χ4v) is 2.48. The van der Waals surface area contributed by atoms with E-state index in [9.17, 15) is 9.59 Å². The van der Waals surface area contributed by atoms with Crippen LogP contribution in [0.1, 0.15) is 20.7 Å². The number of nitrogens with one attached hydrogen (secondary N) is 1. The topological polar surface area (TPSA) is 103 Å². The molecule has 0 saturated heterocycles. The van der Waals surface area contributed by atoms with Crippen LogP contribution in [-0.2, 0) is 0 Å². The lowest BCUT2D eigenvalue weighted by Gasteiger charge is -2.06. The molecule has 4 rings (SSSR count). The molecule has 1 aliphatic rings. The van der Waals surface area contributed by atoms with Crippen molar-refractivity contribution in [3.8, 4) is 5.69 Å². The second-order valence-corrected chi connectivity index (χ2v) is 4.66. The molecule has 102 valence electrons. The van der Waals surface area contributed by atoms with Gasteiger partial charge in [-0.25, -0.2) is 9.97 Å². The molecule has 3 heterocycles. The standard InChI is InChI=1S/C14H9N5O2/c15-14-17-10-2-1-5-16-11(10)19(14)7-3-4-8-9(6-7)13(21)18-12(8)20/h1-6H,(H2,15,17)(H,18,20,21). The summed E-state index contributed by atoms with van der Waals surface area (Å²) in [5, 5.41) is 2.26. The summed E-state index contributed by atoms with van der Waals surface area (Å²) in [5.41, 5.74) is 8.52. The molecule has 0 fully saturated rings. The van der Waals surface area contributed by atoms with Gasteiger partial charge in [0.25, 0.3) is 11.8 Å². The molecule has 2 amide bonds. The number of imide groups is 1. The second kappa shape index (κ2) is 3.89. The number of nitrogen functional groups attached to an aromatic ring is 1. The highest BCUT2D eigenvalue weighted by molar-refractivity contribution is 6.21. The van der Waals surface area contributed by atoms with E-state index in [-0.39, 0.29) is 11.9 Å². The zero-order valence-electron chi connectivity index (χ0n) is 10.7. The molecule has 21 heavy (non-hydrogen) atoms. The van der Waals surface area contributed by atoms with Gasteiger partial charge in [-0.3, -0.25) is 19.5 Å². The van der Waals surface area contributed by atoms with Gasteiger partial charge in [-0.15, -0.1) is 0 Å². The molecule has 3 N–H and O–H groups in total. The number of aromatic nitrogens is 3. The molecule has 7 heteroatoms. The third-order valence-electron chi connectivity index (χ3n) is 3.42. The first kappa shape index (κ1) is 11.6. The van der Waals surface area contributed by atoms with E-state index >= 15 is 0 Å². The van der Waals surface area contributed by atoms with E-state index in [1.807, 2.05) is 0 Å². The van der Waals surface area contributed by atoms with Crippen molar-refractivity contribution >= 4 is 28.9 Å². The van der Waals surface area contributed by atoms with Crippen LogP contribution >= 0.6 is 0 Å². The van der Waals surface area contributed by atoms with Crippen LogP contribution in [0.25, 0.3) is 16.9 Å². The SMILES string of the molecule is Nc1nc2cccnc2n1-c1ccc2c(c1)C(=O)NC2=O. The number of anilines is 1. The largest absolute Gasteiger partial charge is 0.369 e. The number of benzene rings is 1. The monoisotopic (exact) mass is 279 g/mol. The fraction of sp³-hybridized carbons (Fsp3) is 0.